The highest BCUT2D eigenvalue weighted by Gasteiger charge is 2.17. The lowest BCUT2D eigenvalue weighted by atomic mass is 10.1. The van der Waals surface area contributed by atoms with Gasteiger partial charge in [-0.05, 0) is 31.8 Å². The van der Waals surface area contributed by atoms with Crippen molar-refractivity contribution in [1.29, 1.82) is 0 Å². The van der Waals surface area contributed by atoms with Crippen molar-refractivity contribution in [3.8, 4) is 17.0 Å². The summed E-state index contributed by atoms with van der Waals surface area (Å²) in [6.07, 6.45) is 3.44. The molecule has 0 saturated carbocycles. The van der Waals surface area contributed by atoms with Gasteiger partial charge in [-0.2, -0.15) is 0 Å². The number of pyridine rings is 1. The van der Waals surface area contributed by atoms with E-state index in [0.717, 1.165) is 22.4 Å². The van der Waals surface area contributed by atoms with Gasteiger partial charge in [0.25, 0.3) is 5.56 Å². The molecule has 3 rings (SSSR count). The molecule has 0 aromatic carbocycles. The standard InChI is InChI=1S/C16H18N4O2S/c1-19(2)8-9-22-15-14-13(16(21)20(3)18-15)12(10-23-14)11-4-6-17-7-5-11/h4-7,10H,8-9H2,1-3H3. The molecule has 0 aliphatic carbocycles. The van der Waals surface area contributed by atoms with Gasteiger partial charge in [-0.3, -0.25) is 9.78 Å². The number of likely N-dealkylation sites (N-methyl/N-ethyl adjacent to an activating group) is 1. The van der Waals surface area contributed by atoms with Crippen LogP contribution in [0.5, 0.6) is 5.88 Å². The van der Waals surface area contributed by atoms with Gasteiger partial charge in [0, 0.05) is 36.9 Å². The SMILES string of the molecule is CN(C)CCOc1nn(C)c(=O)c2c(-c3ccncc3)csc12. The van der Waals surface area contributed by atoms with Crippen LogP contribution in [0.25, 0.3) is 21.2 Å². The third-order valence-corrected chi connectivity index (χ3v) is 4.47. The molecule has 0 radical (unpaired) electrons. The number of aryl methyl sites for hydroxylation is 1. The molecule has 0 amide bonds. The Balaban J connectivity index is 2.09. The summed E-state index contributed by atoms with van der Waals surface area (Å²) >= 11 is 1.48. The highest BCUT2D eigenvalue weighted by molar-refractivity contribution is 7.18. The Bertz CT molecular complexity index is 871. The van der Waals surface area contributed by atoms with Crippen LogP contribution in [0.2, 0.25) is 0 Å². The first kappa shape index (κ1) is 15.6. The molecule has 0 aliphatic heterocycles. The molecule has 23 heavy (non-hydrogen) atoms. The molecule has 0 unspecified atom stereocenters. The first-order valence-electron chi connectivity index (χ1n) is 7.24. The monoisotopic (exact) mass is 330 g/mol. The molecule has 3 aromatic heterocycles. The lowest BCUT2D eigenvalue weighted by Crippen LogP contribution is -2.23. The van der Waals surface area contributed by atoms with Crippen molar-refractivity contribution < 1.29 is 4.74 Å². The molecule has 3 heterocycles. The zero-order chi connectivity index (χ0) is 16.4. The van der Waals surface area contributed by atoms with E-state index < -0.39 is 0 Å². The van der Waals surface area contributed by atoms with Gasteiger partial charge in [0.15, 0.2) is 0 Å². The first-order chi connectivity index (χ1) is 11.1. The van der Waals surface area contributed by atoms with Crippen LogP contribution in [0.3, 0.4) is 0 Å². The van der Waals surface area contributed by atoms with Crippen molar-refractivity contribution >= 4 is 21.4 Å². The Kier molecular flexibility index (Phi) is 4.40. The molecule has 0 bridgehead atoms. The summed E-state index contributed by atoms with van der Waals surface area (Å²) in [5, 5.41) is 6.89. The quantitative estimate of drug-likeness (QED) is 0.716. The number of aromatic nitrogens is 3. The van der Waals surface area contributed by atoms with Gasteiger partial charge in [0.2, 0.25) is 5.88 Å². The Morgan fingerprint density at radius 2 is 2.04 bits per heavy atom. The van der Waals surface area contributed by atoms with Crippen LogP contribution in [0.1, 0.15) is 0 Å². The van der Waals surface area contributed by atoms with Crippen molar-refractivity contribution in [2.75, 3.05) is 27.2 Å². The van der Waals surface area contributed by atoms with Crippen LogP contribution >= 0.6 is 11.3 Å². The summed E-state index contributed by atoms with van der Waals surface area (Å²) in [7, 11) is 5.62. The van der Waals surface area contributed by atoms with Crippen LogP contribution in [-0.4, -0.2) is 46.9 Å². The number of ether oxygens (including phenoxy) is 1. The average Bonchev–Trinajstić information content (AvgIpc) is 2.98. The summed E-state index contributed by atoms with van der Waals surface area (Å²) < 4.78 is 7.93. The first-order valence-corrected chi connectivity index (χ1v) is 8.12. The summed E-state index contributed by atoms with van der Waals surface area (Å²) in [5.74, 6) is 0.509. The van der Waals surface area contributed by atoms with Gasteiger partial charge in [-0.1, -0.05) is 0 Å². The largest absolute Gasteiger partial charge is 0.474 e. The Morgan fingerprint density at radius 3 is 2.74 bits per heavy atom. The number of hydrogen-bond acceptors (Lipinski definition) is 6. The number of hydrogen-bond donors (Lipinski definition) is 0. The maximum Gasteiger partial charge on any atom is 0.276 e. The van der Waals surface area contributed by atoms with Crippen LogP contribution < -0.4 is 10.3 Å². The molecule has 3 aromatic rings. The van der Waals surface area contributed by atoms with Crippen molar-refractivity contribution in [1.82, 2.24) is 19.7 Å². The second-order valence-corrected chi connectivity index (χ2v) is 6.35. The lowest BCUT2D eigenvalue weighted by Gasteiger charge is -2.11. The van der Waals surface area contributed by atoms with Crippen molar-refractivity contribution in [3.63, 3.8) is 0 Å². The highest BCUT2D eigenvalue weighted by Crippen LogP contribution is 2.35. The highest BCUT2D eigenvalue weighted by atomic mass is 32.1. The predicted octanol–water partition coefficient (Wildman–Crippen LogP) is 2.00. The minimum atomic E-state index is -0.118. The second kappa shape index (κ2) is 6.47. The molecule has 120 valence electrons. The Hall–Kier alpha value is -2.25. The molecule has 0 saturated heterocycles. The average molecular weight is 330 g/mol. The molecular weight excluding hydrogens is 312 g/mol. The van der Waals surface area contributed by atoms with Gasteiger partial charge >= 0.3 is 0 Å². The van der Waals surface area contributed by atoms with E-state index in [-0.39, 0.29) is 5.56 Å². The molecular formula is C16H18N4O2S. The van der Waals surface area contributed by atoms with E-state index in [4.69, 9.17) is 4.74 Å². The fraction of sp³-hybridized carbons (Fsp3) is 0.312. The Morgan fingerprint density at radius 1 is 1.30 bits per heavy atom. The van der Waals surface area contributed by atoms with E-state index in [1.54, 1.807) is 19.4 Å². The minimum Gasteiger partial charge on any atom is -0.474 e. The van der Waals surface area contributed by atoms with Gasteiger partial charge < -0.3 is 9.64 Å². The predicted molar refractivity (Wildman–Crippen MR) is 92.1 cm³/mol. The third-order valence-electron chi connectivity index (χ3n) is 3.50. The molecule has 6 nitrogen and oxygen atoms in total. The van der Waals surface area contributed by atoms with Gasteiger partial charge in [0.1, 0.15) is 11.3 Å². The molecule has 0 aliphatic rings. The molecule has 0 spiro atoms. The van der Waals surface area contributed by atoms with E-state index in [0.29, 0.717) is 17.9 Å². The van der Waals surface area contributed by atoms with Crippen LogP contribution in [0, 0.1) is 0 Å². The van der Waals surface area contributed by atoms with Gasteiger partial charge in [0.05, 0.1) is 5.39 Å². The van der Waals surface area contributed by atoms with Crippen LogP contribution in [0.15, 0.2) is 34.7 Å². The van der Waals surface area contributed by atoms with E-state index in [9.17, 15) is 4.79 Å². The number of nitrogens with zero attached hydrogens (tertiary/aromatic N) is 4. The molecule has 0 atom stereocenters. The summed E-state index contributed by atoms with van der Waals surface area (Å²) in [6, 6.07) is 3.79. The molecule has 0 fully saturated rings. The van der Waals surface area contributed by atoms with E-state index in [1.807, 2.05) is 36.5 Å². The zero-order valence-corrected chi connectivity index (χ0v) is 14.1. The number of rotatable bonds is 5. The summed E-state index contributed by atoms with van der Waals surface area (Å²) in [5.41, 5.74) is 1.75. The van der Waals surface area contributed by atoms with E-state index >= 15 is 0 Å². The molecule has 0 N–H and O–H groups in total. The maximum absolute atomic E-state index is 12.5. The topological polar surface area (TPSA) is 60.2 Å². The second-order valence-electron chi connectivity index (χ2n) is 5.48. The minimum absolute atomic E-state index is 0.118. The van der Waals surface area contributed by atoms with Crippen LogP contribution in [-0.2, 0) is 7.05 Å². The van der Waals surface area contributed by atoms with Crippen molar-refractivity contribution in [2.45, 2.75) is 0 Å². The lowest BCUT2D eigenvalue weighted by molar-refractivity contribution is 0.252. The van der Waals surface area contributed by atoms with Gasteiger partial charge in [-0.15, -0.1) is 16.4 Å². The number of thiophene rings is 1. The van der Waals surface area contributed by atoms with Crippen molar-refractivity contribution in [2.24, 2.45) is 7.05 Å². The fourth-order valence-electron chi connectivity index (χ4n) is 2.28. The summed E-state index contributed by atoms with van der Waals surface area (Å²) in [4.78, 5) is 18.6. The smallest absolute Gasteiger partial charge is 0.276 e. The zero-order valence-electron chi connectivity index (χ0n) is 13.3. The summed E-state index contributed by atoms with van der Waals surface area (Å²) in [6.45, 7) is 1.31. The van der Waals surface area contributed by atoms with E-state index in [2.05, 4.69) is 10.1 Å². The normalized spacial score (nSPS) is 11.3. The maximum atomic E-state index is 12.5. The van der Waals surface area contributed by atoms with Crippen molar-refractivity contribution in [3.05, 3.63) is 40.3 Å². The molecule has 7 heteroatoms. The number of fused-ring (bicyclic) bond motifs is 1. The Labute approximate surface area is 138 Å². The van der Waals surface area contributed by atoms with Crippen LogP contribution in [0.4, 0.5) is 0 Å². The fourth-order valence-corrected chi connectivity index (χ4v) is 3.29. The third kappa shape index (κ3) is 3.11. The van der Waals surface area contributed by atoms with Gasteiger partial charge in [-0.25, -0.2) is 4.68 Å². The van der Waals surface area contributed by atoms with E-state index in [1.165, 1.54) is 16.0 Å².